The molecule has 5 heteroatoms. The Balaban J connectivity index is 2.03. The van der Waals surface area contributed by atoms with Crippen LogP contribution in [-0.4, -0.2) is 10.9 Å². The first-order chi connectivity index (χ1) is 9.10. The lowest BCUT2D eigenvalue weighted by Gasteiger charge is -2.09. The molecular weight excluding hydrogens is 258 g/mol. The van der Waals surface area contributed by atoms with Crippen molar-refractivity contribution >= 4 is 22.9 Å². The number of nitrogens with zero attached hydrogens (tertiary/aromatic N) is 1. The number of carbonyl (C=O) groups excluding carboxylic acids is 1. The number of nitrogens with one attached hydrogen (secondary N) is 1. The Kier molecular flexibility index (Phi) is 4.29. The highest BCUT2D eigenvalue weighted by atomic mass is 32.1. The first-order valence-electron chi connectivity index (χ1n) is 6.09. The number of aryl methyl sites for hydroxylation is 1. The van der Waals surface area contributed by atoms with Crippen LogP contribution in [0.15, 0.2) is 23.6 Å². The van der Waals surface area contributed by atoms with Gasteiger partial charge in [0.05, 0.1) is 12.1 Å². The fourth-order valence-corrected chi connectivity index (χ4v) is 2.44. The Labute approximate surface area is 116 Å². The van der Waals surface area contributed by atoms with Crippen LogP contribution in [0.5, 0.6) is 0 Å². The number of aromatic nitrogens is 1. The quantitative estimate of drug-likeness (QED) is 0.900. The van der Waals surface area contributed by atoms with Crippen molar-refractivity contribution in [2.45, 2.75) is 26.8 Å². The van der Waals surface area contributed by atoms with Crippen molar-refractivity contribution in [3.8, 4) is 0 Å². The number of thiazole rings is 1. The van der Waals surface area contributed by atoms with Gasteiger partial charge in [-0.1, -0.05) is 12.1 Å². The summed E-state index contributed by atoms with van der Waals surface area (Å²) in [4.78, 5) is 16.2. The van der Waals surface area contributed by atoms with Gasteiger partial charge in [-0.25, -0.2) is 4.98 Å². The molecule has 1 aromatic carbocycles. The first-order valence-corrected chi connectivity index (χ1v) is 6.97. The van der Waals surface area contributed by atoms with Gasteiger partial charge >= 0.3 is 0 Å². The molecule has 0 saturated carbocycles. The molecule has 0 fully saturated rings. The lowest BCUT2D eigenvalue weighted by atomic mass is 10.1. The molecule has 1 amide bonds. The highest BCUT2D eigenvalue weighted by molar-refractivity contribution is 7.09. The van der Waals surface area contributed by atoms with Crippen LogP contribution in [0.4, 0.5) is 5.69 Å². The zero-order chi connectivity index (χ0) is 13.8. The fraction of sp³-hybridized carbons (Fsp3) is 0.286. The van der Waals surface area contributed by atoms with Crippen LogP contribution in [0.1, 0.15) is 21.8 Å². The number of amides is 1. The molecule has 3 N–H and O–H groups in total. The summed E-state index contributed by atoms with van der Waals surface area (Å²) in [5.41, 5.74) is 9.39. The second-order valence-electron chi connectivity index (χ2n) is 4.41. The van der Waals surface area contributed by atoms with Crippen molar-refractivity contribution in [2.75, 3.05) is 5.32 Å². The molecule has 0 aliphatic carbocycles. The predicted molar refractivity (Wildman–Crippen MR) is 78.3 cm³/mol. The van der Waals surface area contributed by atoms with Crippen LogP contribution < -0.4 is 11.1 Å². The predicted octanol–water partition coefficient (Wildman–Crippen LogP) is 2.40. The van der Waals surface area contributed by atoms with Crippen LogP contribution in [0, 0.1) is 13.8 Å². The normalized spacial score (nSPS) is 10.5. The van der Waals surface area contributed by atoms with Crippen LogP contribution >= 0.6 is 11.3 Å². The summed E-state index contributed by atoms with van der Waals surface area (Å²) >= 11 is 1.49. The number of anilines is 1. The number of benzene rings is 1. The smallest absolute Gasteiger partial charge is 0.230 e. The van der Waals surface area contributed by atoms with Gasteiger partial charge in [-0.05, 0) is 31.0 Å². The van der Waals surface area contributed by atoms with Crippen molar-refractivity contribution in [1.82, 2.24) is 4.98 Å². The summed E-state index contributed by atoms with van der Waals surface area (Å²) in [6.07, 6.45) is 0.282. The van der Waals surface area contributed by atoms with E-state index in [9.17, 15) is 4.79 Å². The van der Waals surface area contributed by atoms with E-state index in [4.69, 9.17) is 5.73 Å². The maximum atomic E-state index is 12.0. The second kappa shape index (κ2) is 5.95. The first kappa shape index (κ1) is 13.7. The van der Waals surface area contributed by atoms with E-state index < -0.39 is 0 Å². The maximum absolute atomic E-state index is 12.0. The fourth-order valence-electron chi connectivity index (χ4n) is 1.77. The zero-order valence-electron chi connectivity index (χ0n) is 11.1. The SMILES string of the molecule is Cc1cccc(NC(=O)Cc2csc(CN)n2)c1C. The Morgan fingerprint density at radius 2 is 2.21 bits per heavy atom. The maximum Gasteiger partial charge on any atom is 0.230 e. The van der Waals surface area contributed by atoms with E-state index in [1.807, 2.05) is 37.4 Å². The number of rotatable bonds is 4. The van der Waals surface area contributed by atoms with E-state index in [1.165, 1.54) is 11.3 Å². The highest BCUT2D eigenvalue weighted by Crippen LogP contribution is 2.18. The standard InChI is InChI=1S/C14H17N3OS/c1-9-4-3-5-12(10(9)2)17-13(18)6-11-8-19-14(7-15)16-11/h3-5,8H,6-7,15H2,1-2H3,(H,17,18). The molecular formula is C14H17N3OS. The average Bonchev–Trinajstić information content (AvgIpc) is 2.82. The molecule has 0 unspecified atom stereocenters. The molecule has 100 valence electrons. The van der Waals surface area contributed by atoms with Gasteiger partial charge < -0.3 is 11.1 Å². The molecule has 4 nitrogen and oxygen atoms in total. The third-order valence-electron chi connectivity index (χ3n) is 2.99. The third-order valence-corrected chi connectivity index (χ3v) is 3.91. The Morgan fingerprint density at radius 3 is 2.89 bits per heavy atom. The molecule has 0 aliphatic rings. The average molecular weight is 275 g/mol. The Hall–Kier alpha value is -1.72. The van der Waals surface area contributed by atoms with Crippen molar-refractivity contribution in [2.24, 2.45) is 5.73 Å². The molecule has 0 aliphatic heterocycles. The minimum atomic E-state index is -0.0532. The highest BCUT2D eigenvalue weighted by Gasteiger charge is 2.09. The van der Waals surface area contributed by atoms with Crippen molar-refractivity contribution < 1.29 is 4.79 Å². The van der Waals surface area contributed by atoms with Crippen molar-refractivity contribution in [1.29, 1.82) is 0 Å². The molecule has 0 saturated heterocycles. The molecule has 0 bridgehead atoms. The van der Waals surface area contributed by atoms with Gasteiger partial charge in [0.25, 0.3) is 0 Å². The topological polar surface area (TPSA) is 68.0 Å². The van der Waals surface area contributed by atoms with Crippen LogP contribution in [0.25, 0.3) is 0 Å². The summed E-state index contributed by atoms with van der Waals surface area (Å²) in [7, 11) is 0. The lowest BCUT2D eigenvalue weighted by molar-refractivity contribution is -0.115. The lowest BCUT2D eigenvalue weighted by Crippen LogP contribution is -2.15. The minimum Gasteiger partial charge on any atom is -0.325 e. The zero-order valence-corrected chi connectivity index (χ0v) is 11.9. The number of hydrogen-bond donors (Lipinski definition) is 2. The summed E-state index contributed by atoms with van der Waals surface area (Å²) in [5.74, 6) is -0.0532. The number of carbonyl (C=O) groups is 1. The monoisotopic (exact) mass is 275 g/mol. The molecule has 0 atom stereocenters. The van der Waals surface area contributed by atoms with Crippen LogP contribution in [0.3, 0.4) is 0 Å². The number of hydrogen-bond acceptors (Lipinski definition) is 4. The summed E-state index contributed by atoms with van der Waals surface area (Å²) in [5, 5.41) is 5.66. The summed E-state index contributed by atoms with van der Waals surface area (Å²) < 4.78 is 0. The van der Waals surface area contributed by atoms with Crippen molar-refractivity contribution in [3.63, 3.8) is 0 Å². The van der Waals surface area contributed by atoms with E-state index in [-0.39, 0.29) is 12.3 Å². The minimum absolute atomic E-state index is 0.0532. The summed E-state index contributed by atoms with van der Waals surface area (Å²) in [6.45, 7) is 4.45. The van der Waals surface area contributed by atoms with Gasteiger partial charge in [-0.15, -0.1) is 11.3 Å². The molecule has 1 heterocycles. The van der Waals surface area contributed by atoms with E-state index in [0.717, 1.165) is 27.5 Å². The number of nitrogens with two attached hydrogens (primary N) is 1. The van der Waals surface area contributed by atoms with Gasteiger partial charge in [-0.2, -0.15) is 0 Å². The van der Waals surface area contributed by atoms with Crippen LogP contribution in [0.2, 0.25) is 0 Å². The third kappa shape index (κ3) is 3.39. The molecule has 19 heavy (non-hydrogen) atoms. The molecule has 0 spiro atoms. The van der Waals surface area contributed by atoms with Gasteiger partial charge in [0.2, 0.25) is 5.91 Å². The van der Waals surface area contributed by atoms with Gasteiger partial charge in [-0.3, -0.25) is 4.79 Å². The molecule has 1 aromatic heterocycles. The Bertz CT molecular complexity index is 592. The summed E-state index contributed by atoms with van der Waals surface area (Å²) in [6, 6.07) is 5.87. The van der Waals surface area contributed by atoms with E-state index in [2.05, 4.69) is 10.3 Å². The second-order valence-corrected chi connectivity index (χ2v) is 5.35. The van der Waals surface area contributed by atoms with Gasteiger partial charge in [0.15, 0.2) is 0 Å². The van der Waals surface area contributed by atoms with Gasteiger partial charge in [0, 0.05) is 17.6 Å². The van der Waals surface area contributed by atoms with E-state index in [0.29, 0.717) is 6.54 Å². The molecule has 2 aromatic rings. The molecule has 2 rings (SSSR count). The van der Waals surface area contributed by atoms with E-state index >= 15 is 0 Å². The van der Waals surface area contributed by atoms with Crippen LogP contribution in [-0.2, 0) is 17.8 Å². The molecule has 0 radical (unpaired) electrons. The Morgan fingerprint density at radius 1 is 1.42 bits per heavy atom. The van der Waals surface area contributed by atoms with Gasteiger partial charge in [0.1, 0.15) is 5.01 Å². The largest absolute Gasteiger partial charge is 0.325 e. The van der Waals surface area contributed by atoms with E-state index in [1.54, 1.807) is 0 Å². The van der Waals surface area contributed by atoms with Crippen molar-refractivity contribution in [3.05, 3.63) is 45.4 Å².